The fraction of sp³-hybridized carbons (Fsp3) is 0.143. The minimum Gasteiger partial charge on any atom is -0.502 e. The monoisotopic (exact) mass is 321 g/mol. The predicted molar refractivity (Wildman–Crippen MR) is 75.4 cm³/mol. The molecule has 120 valence electrons. The Balaban J connectivity index is 2.19. The zero-order chi connectivity index (χ0) is 17.0. The second-order valence-corrected chi connectivity index (χ2v) is 4.31. The van der Waals surface area contributed by atoms with Crippen molar-refractivity contribution in [3.05, 3.63) is 62.2 Å². The van der Waals surface area contributed by atoms with E-state index in [1.165, 1.54) is 19.2 Å². The maximum atomic E-state index is 12.0. The lowest BCUT2D eigenvalue weighted by Crippen LogP contribution is -2.09. The molecule has 0 saturated heterocycles. The Labute approximate surface area is 128 Å². The number of methoxy groups -OCH3 is 1. The molecule has 2 aromatic rings. The first-order valence-electron chi connectivity index (χ1n) is 6.22. The van der Waals surface area contributed by atoms with E-state index in [9.17, 15) is 19.7 Å². The molecular weight excluding hydrogens is 310 g/mol. The highest BCUT2D eigenvalue weighted by Crippen LogP contribution is 2.25. The highest BCUT2D eigenvalue weighted by atomic mass is 16.6. The van der Waals surface area contributed by atoms with E-state index in [2.05, 4.69) is 0 Å². The van der Waals surface area contributed by atoms with Gasteiger partial charge in [0.25, 0.3) is 5.69 Å². The SMILES string of the molecule is COc1ccc([N+](=O)[O-])cc1C(=O)OCc1cc(=O)c(O)co1. The van der Waals surface area contributed by atoms with E-state index < -0.39 is 22.1 Å². The van der Waals surface area contributed by atoms with Crippen LogP contribution in [0.25, 0.3) is 0 Å². The third kappa shape index (κ3) is 3.64. The fourth-order valence-electron chi connectivity index (χ4n) is 1.70. The molecule has 23 heavy (non-hydrogen) atoms. The van der Waals surface area contributed by atoms with E-state index >= 15 is 0 Å². The van der Waals surface area contributed by atoms with Gasteiger partial charge in [0.15, 0.2) is 5.75 Å². The second-order valence-electron chi connectivity index (χ2n) is 4.31. The van der Waals surface area contributed by atoms with Crippen molar-refractivity contribution in [1.82, 2.24) is 0 Å². The Hall–Kier alpha value is -3.36. The Kier molecular flexibility index (Phi) is 4.60. The van der Waals surface area contributed by atoms with Crippen molar-refractivity contribution >= 4 is 11.7 Å². The lowest BCUT2D eigenvalue weighted by atomic mass is 10.2. The van der Waals surface area contributed by atoms with Crippen LogP contribution in [0.5, 0.6) is 11.5 Å². The summed E-state index contributed by atoms with van der Waals surface area (Å²) >= 11 is 0. The molecule has 0 saturated carbocycles. The number of rotatable bonds is 5. The minimum atomic E-state index is -0.888. The van der Waals surface area contributed by atoms with Gasteiger partial charge in [-0.25, -0.2) is 4.79 Å². The summed E-state index contributed by atoms with van der Waals surface area (Å²) in [7, 11) is 1.30. The van der Waals surface area contributed by atoms with Gasteiger partial charge in [-0.15, -0.1) is 0 Å². The maximum Gasteiger partial charge on any atom is 0.342 e. The van der Waals surface area contributed by atoms with Crippen LogP contribution < -0.4 is 10.2 Å². The number of aromatic hydroxyl groups is 1. The molecule has 0 aliphatic rings. The molecule has 1 aromatic heterocycles. The van der Waals surface area contributed by atoms with Crippen LogP contribution in [0.2, 0.25) is 0 Å². The molecule has 1 aromatic carbocycles. The highest BCUT2D eigenvalue weighted by molar-refractivity contribution is 5.93. The van der Waals surface area contributed by atoms with Crippen LogP contribution in [-0.2, 0) is 11.3 Å². The van der Waals surface area contributed by atoms with E-state index in [-0.39, 0.29) is 29.4 Å². The summed E-state index contributed by atoms with van der Waals surface area (Å²) in [5.74, 6) is -1.35. The van der Waals surface area contributed by atoms with Gasteiger partial charge in [0.1, 0.15) is 29.9 Å². The molecule has 0 bridgehead atoms. The van der Waals surface area contributed by atoms with E-state index in [4.69, 9.17) is 19.0 Å². The van der Waals surface area contributed by atoms with Crippen LogP contribution in [0.1, 0.15) is 16.1 Å². The molecule has 0 radical (unpaired) electrons. The first-order chi connectivity index (χ1) is 10.9. The van der Waals surface area contributed by atoms with Gasteiger partial charge < -0.3 is 19.0 Å². The van der Waals surface area contributed by atoms with Gasteiger partial charge in [0.05, 0.1) is 12.0 Å². The van der Waals surface area contributed by atoms with Gasteiger partial charge in [-0.2, -0.15) is 0 Å². The third-order valence-electron chi connectivity index (χ3n) is 2.83. The van der Waals surface area contributed by atoms with Crippen molar-refractivity contribution in [3.63, 3.8) is 0 Å². The normalized spacial score (nSPS) is 10.1. The van der Waals surface area contributed by atoms with Gasteiger partial charge in [0, 0.05) is 18.2 Å². The van der Waals surface area contributed by atoms with E-state index in [1.807, 2.05) is 0 Å². The summed E-state index contributed by atoms with van der Waals surface area (Å²) in [4.78, 5) is 33.4. The summed E-state index contributed by atoms with van der Waals surface area (Å²) < 4.78 is 14.8. The van der Waals surface area contributed by atoms with Gasteiger partial charge in [-0.05, 0) is 6.07 Å². The van der Waals surface area contributed by atoms with Crippen LogP contribution >= 0.6 is 0 Å². The summed E-state index contributed by atoms with van der Waals surface area (Å²) in [6, 6.07) is 4.45. The molecule has 0 amide bonds. The molecule has 0 aliphatic carbocycles. The molecule has 0 spiro atoms. The average Bonchev–Trinajstić information content (AvgIpc) is 2.54. The standard InChI is InChI=1S/C14H11NO8/c1-21-13-3-2-8(15(19)20)4-10(13)14(18)23-6-9-5-11(16)12(17)7-22-9/h2-5,7,17H,6H2,1H3. The number of hydrogen-bond donors (Lipinski definition) is 1. The van der Waals surface area contributed by atoms with Gasteiger partial charge in [0.2, 0.25) is 5.43 Å². The molecule has 1 N–H and O–H groups in total. The smallest absolute Gasteiger partial charge is 0.342 e. The Morgan fingerprint density at radius 2 is 2.13 bits per heavy atom. The molecule has 2 rings (SSSR count). The van der Waals surface area contributed by atoms with Crippen molar-refractivity contribution in [1.29, 1.82) is 0 Å². The largest absolute Gasteiger partial charge is 0.502 e. The molecule has 1 heterocycles. The number of carbonyl (C=O) groups excluding carboxylic acids is 1. The zero-order valence-electron chi connectivity index (χ0n) is 11.8. The van der Waals surface area contributed by atoms with E-state index in [0.717, 1.165) is 18.4 Å². The van der Waals surface area contributed by atoms with Crippen molar-refractivity contribution in [3.8, 4) is 11.5 Å². The highest BCUT2D eigenvalue weighted by Gasteiger charge is 2.19. The number of nitro groups is 1. The van der Waals surface area contributed by atoms with Crippen LogP contribution in [-0.4, -0.2) is 23.1 Å². The number of non-ortho nitro benzene ring substituents is 1. The number of nitrogens with zero attached hydrogens (tertiary/aromatic N) is 1. The van der Waals surface area contributed by atoms with Crippen LogP contribution in [0, 0.1) is 10.1 Å². The molecule has 0 unspecified atom stereocenters. The lowest BCUT2D eigenvalue weighted by molar-refractivity contribution is -0.384. The number of hydrogen-bond acceptors (Lipinski definition) is 8. The zero-order valence-corrected chi connectivity index (χ0v) is 11.8. The van der Waals surface area contributed by atoms with Crippen molar-refractivity contribution in [2.75, 3.05) is 7.11 Å². The number of nitro benzene ring substituents is 1. The van der Waals surface area contributed by atoms with Crippen LogP contribution in [0.4, 0.5) is 5.69 Å². The maximum absolute atomic E-state index is 12.0. The second kappa shape index (κ2) is 6.60. The first kappa shape index (κ1) is 16.0. The van der Waals surface area contributed by atoms with Gasteiger partial charge >= 0.3 is 5.97 Å². The van der Waals surface area contributed by atoms with E-state index in [0.29, 0.717) is 0 Å². The summed E-state index contributed by atoms with van der Waals surface area (Å²) in [6.07, 6.45) is 0.819. The minimum absolute atomic E-state index is 0.00514. The Morgan fingerprint density at radius 1 is 1.39 bits per heavy atom. The van der Waals surface area contributed by atoms with Crippen LogP contribution in [0.3, 0.4) is 0 Å². The number of ether oxygens (including phenoxy) is 2. The summed E-state index contributed by atoms with van der Waals surface area (Å²) in [5, 5.41) is 19.8. The average molecular weight is 321 g/mol. The summed E-state index contributed by atoms with van der Waals surface area (Å²) in [6.45, 7) is -0.389. The van der Waals surface area contributed by atoms with Crippen molar-refractivity contribution in [2.24, 2.45) is 0 Å². The molecule has 9 heteroatoms. The van der Waals surface area contributed by atoms with Gasteiger partial charge in [-0.1, -0.05) is 0 Å². The predicted octanol–water partition coefficient (Wildman–Crippen LogP) is 1.62. The Bertz CT molecular complexity index is 811. The quantitative estimate of drug-likeness (QED) is 0.499. The Morgan fingerprint density at radius 3 is 2.74 bits per heavy atom. The molecule has 0 atom stereocenters. The molecule has 9 nitrogen and oxygen atoms in total. The molecule has 0 fully saturated rings. The lowest BCUT2D eigenvalue weighted by Gasteiger charge is -2.08. The van der Waals surface area contributed by atoms with Crippen molar-refractivity contribution < 1.29 is 28.7 Å². The fourth-order valence-corrected chi connectivity index (χ4v) is 1.70. The molecule has 0 aliphatic heterocycles. The van der Waals surface area contributed by atoms with Crippen molar-refractivity contribution in [2.45, 2.75) is 6.61 Å². The van der Waals surface area contributed by atoms with Gasteiger partial charge in [-0.3, -0.25) is 14.9 Å². The van der Waals surface area contributed by atoms with E-state index in [1.54, 1.807) is 0 Å². The number of esters is 1. The number of carbonyl (C=O) groups is 1. The molecular formula is C14H11NO8. The first-order valence-corrected chi connectivity index (χ1v) is 6.22. The summed E-state index contributed by atoms with van der Waals surface area (Å²) in [5.41, 5.74) is -1.12. The topological polar surface area (TPSA) is 129 Å². The third-order valence-corrected chi connectivity index (χ3v) is 2.83. The number of benzene rings is 1. The van der Waals surface area contributed by atoms with Crippen LogP contribution in [0.15, 0.2) is 39.7 Å².